The second-order valence-electron chi connectivity index (χ2n) is 6.14. The fourth-order valence-electron chi connectivity index (χ4n) is 2.38. The van der Waals surface area contributed by atoms with Gasteiger partial charge in [-0.2, -0.15) is 5.26 Å². The molecule has 26 heavy (non-hydrogen) atoms. The molecule has 1 aromatic carbocycles. The molecule has 2 rings (SSSR count). The van der Waals surface area contributed by atoms with Gasteiger partial charge in [-0.3, -0.25) is 4.98 Å². The number of hydrogen-bond donors (Lipinski definition) is 1. The number of halogens is 2. The monoisotopic (exact) mass is 478 g/mol. The number of hydrogen-bond acceptors (Lipinski definition) is 3. The maximum Gasteiger partial charge on any atom is 0.322 e. The largest absolute Gasteiger partial charge is 0.322 e. The Labute approximate surface area is 170 Å². The molecule has 0 fully saturated rings. The van der Waals surface area contributed by atoms with E-state index in [1.54, 1.807) is 17.3 Å². The number of urea groups is 1. The molecule has 0 radical (unpaired) electrons. The van der Waals surface area contributed by atoms with Crippen LogP contribution in [-0.2, 0) is 6.54 Å². The normalized spacial score (nSPS) is 10.5. The van der Waals surface area contributed by atoms with Gasteiger partial charge in [-0.05, 0) is 67.1 Å². The number of nitrogens with one attached hydrogen (secondary N) is 1. The van der Waals surface area contributed by atoms with Crippen molar-refractivity contribution in [2.75, 3.05) is 11.9 Å². The lowest BCUT2D eigenvalue weighted by molar-refractivity contribution is 0.210. The molecule has 0 bridgehead atoms. The van der Waals surface area contributed by atoms with Crippen molar-refractivity contribution in [3.05, 3.63) is 56.7 Å². The van der Waals surface area contributed by atoms with E-state index >= 15 is 0 Å². The van der Waals surface area contributed by atoms with Gasteiger partial charge in [-0.1, -0.05) is 19.9 Å². The Hall–Kier alpha value is -1.91. The van der Waals surface area contributed by atoms with Crippen molar-refractivity contribution >= 4 is 43.6 Å². The lowest BCUT2D eigenvalue weighted by atomic mass is 10.0. The molecule has 136 valence electrons. The van der Waals surface area contributed by atoms with Crippen molar-refractivity contribution in [1.29, 1.82) is 5.26 Å². The molecule has 1 aromatic heterocycles. The molecular formula is C19H20Br2N4O. The van der Waals surface area contributed by atoms with Crippen molar-refractivity contribution in [1.82, 2.24) is 9.88 Å². The van der Waals surface area contributed by atoms with Gasteiger partial charge in [0, 0.05) is 34.4 Å². The van der Waals surface area contributed by atoms with Crippen LogP contribution in [0.15, 0.2) is 45.6 Å². The Kier molecular flexibility index (Phi) is 7.61. The highest BCUT2D eigenvalue weighted by molar-refractivity contribution is 9.11. The molecule has 1 N–H and O–H groups in total. The van der Waals surface area contributed by atoms with Gasteiger partial charge < -0.3 is 10.2 Å². The van der Waals surface area contributed by atoms with Crippen LogP contribution in [0.1, 0.15) is 37.3 Å². The van der Waals surface area contributed by atoms with Gasteiger partial charge in [0.2, 0.25) is 0 Å². The fourth-order valence-corrected chi connectivity index (χ4v) is 3.80. The minimum absolute atomic E-state index is 0.261. The van der Waals surface area contributed by atoms with Gasteiger partial charge in [-0.15, -0.1) is 0 Å². The Balaban J connectivity index is 2.20. The Morgan fingerprint density at radius 1 is 1.35 bits per heavy atom. The third kappa shape index (κ3) is 5.55. The van der Waals surface area contributed by atoms with E-state index in [0.717, 1.165) is 14.5 Å². The Bertz CT molecular complexity index is 780. The Morgan fingerprint density at radius 2 is 2.04 bits per heavy atom. The van der Waals surface area contributed by atoms with Crippen molar-refractivity contribution in [3.63, 3.8) is 0 Å². The quantitative estimate of drug-likeness (QED) is 0.579. The number of benzene rings is 1. The zero-order chi connectivity index (χ0) is 19.1. The Morgan fingerprint density at radius 3 is 2.58 bits per heavy atom. The van der Waals surface area contributed by atoms with Crippen LogP contribution in [0.2, 0.25) is 0 Å². The molecule has 1 heterocycles. The third-order valence-electron chi connectivity index (χ3n) is 3.84. The average molecular weight is 480 g/mol. The maximum absolute atomic E-state index is 12.8. The first-order valence-electron chi connectivity index (χ1n) is 8.23. The molecule has 0 saturated heterocycles. The fraction of sp³-hybridized carbons (Fsp3) is 0.316. The first kappa shape index (κ1) is 20.4. The SMILES string of the molecule is CC(C)c1cc(Br)c(NC(=O)N(CCC#N)Cc2cccnc2)c(Br)c1. The molecule has 0 saturated carbocycles. The van der Waals surface area contributed by atoms with Gasteiger partial charge in [0.05, 0.1) is 18.2 Å². The molecule has 0 aliphatic carbocycles. The van der Waals surface area contributed by atoms with E-state index in [2.05, 4.69) is 62.1 Å². The van der Waals surface area contributed by atoms with E-state index in [4.69, 9.17) is 5.26 Å². The van der Waals surface area contributed by atoms with Crippen LogP contribution in [0.25, 0.3) is 0 Å². The van der Waals surface area contributed by atoms with E-state index < -0.39 is 0 Å². The van der Waals surface area contributed by atoms with Crippen LogP contribution < -0.4 is 5.32 Å². The average Bonchev–Trinajstić information content (AvgIpc) is 2.62. The molecule has 0 spiro atoms. The van der Waals surface area contributed by atoms with E-state index in [-0.39, 0.29) is 12.5 Å². The molecule has 5 nitrogen and oxygen atoms in total. The van der Waals surface area contributed by atoms with Crippen LogP contribution in [0, 0.1) is 11.3 Å². The van der Waals surface area contributed by atoms with Crippen molar-refractivity contribution in [2.24, 2.45) is 0 Å². The summed E-state index contributed by atoms with van der Waals surface area (Å²) in [5.41, 5.74) is 2.75. The number of pyridine rings is 1. The number of nitrogens with zero attached hydrogens (tertiary/aromatic N) is 3. The summed E-state index contributed by atoms with van der Waals surface area (Å²) in [6.07, 6.45) is 3.67. The molecule has 2 aromatic rings. The maximum atomic E-state index is 12.8. The summed E-state index contributed by atoms with van der Waals surface area (Å²) in [5.74, 6) is 0.380. The topological polar surface area (TPSA) is 69.0 Å². The lowest BCUT2D eigenvalue weighted by Crippen LogP contribution is -2.35. The summed E-state index contributed by atoms with van der Waals surface area (Å²) in [4.78, 5) is 18.5. The van der Waals surface area contributed by atoms with Crippen molar-refractivity contribution < 1.29 is 4.79 Å². The van der Waals surface area contributed by atoms with E-state index in [9.17, 15) is 4.79 Å². The zero-order valence-electron chi connectivity index (χ0n) is 14.7. The van der Waals surface area contributed by atoms with Gasteiger partial charge in [0.15, 0.2) is 0 Å². The number of carbonyl (C=O) groups excluding carboxylic acids is 1. The first-order valence-corrected chi connectivity index (χ1v) is 9.81. The molecule has 7 heteroatoms. The van der Waals surface area contributed by atoms with Gasteiger partial charge in [0.25, 0.3) is 0 Å². The van der Waals surface area contributed by atoms with Gasteiger partial charge >= 0.3 is 6.03 Å². The van der Waals surface area contributed by atoms with Crippen LogP contribution in [0.5, 0.6) is 0 Å². The number of aromatic nitrogens is 1. The second-order valence-corrected chi connectivity index (χ2v) is 7.84. The molecule has 2 amide bonds. The van der Waals surface area contributed by atoms with Crippen LogP contribution >= 0.6 is 31.9 Å². The van der Waals surface area contributed by atoms with Gasteiger partial charge in [0.1, 0.15) is 0 Å². The predicted molar refractivity (Wildman–Crippen MR) is 110 cm³/mol. The highest BCUT2D eigenvalue weighted by Gasteiger charge is 2.18. The zero-order valence-corrected chi connectivity index (χ0v) is 17.8. The molecule has 0 aliphatic heterocycles. The van der Waals surface area contributed by atoms with Crippen molar-refractivity contribution in [3.8, 4) is 6.07 Å². The number of amides is 2. The van der Waals surface area contributed by atoms with E-state index in [0.29, 0.717) is 24.7 Å². The molecule has 0 unspecified atom stereocenters. The highest BCUT2D eigenvalue weighted by Crippen LogP contribution is 2.35. The van der Waals surface area contributed by atoms with Crippen LogP contribution in [0.4, 0.5) is 10.5 Å². The molecule has 0 aliphatic rings. The summed E-state index contributed by atoms with van der Waals surface area (Å²) >= 11 is 7.08. The summed E-state index contributed by atoms with van der Waals surface area (Å²) in [5, 5.41) is 11.8. The molecule has 0 atom stereocenters. The van der Waals surface area contributed by atoms with Gasteiger partial charge in [-0.25, -0.2) is 4.79 Å². The summed E-state index contributed by atoms with van der Waals surface area (Å²) < 4.78 is 1.62. The number of anilines is 1. The second kappa shape index (κ2) is 9.70. The molecular weight excluding hydrogens is 460 g/mol. The van der Waals surface area contributed by atoms with E-state index in [1.165, 1.54) is 5.56 Å². The smallest absolute Gasteiger partial charge is 0.319 e. The van der Waals surface area contributed by atoms with Crippen LogP contribution in [0.3, 0.4) is 0 Å². The summed E-state index contributed by atoms with van der Waals surface area (Å²) in [6.45, 7) is 4.96. The summed E-state index contributed by atoms with van der Waals surface area (Å²) in [7, 11) is 0. The van der Waals surface area contributed by atoms with Crippen LogP contribution in [-0.4, -0.2) is 22.5 Å². The predicted octanol–water partition coefficient (Wildman–Crippen LogP) is 5.68. The minimum Gasteiger partial charge on any atom is -0.319 e. The van der Waals surface area contributed by atoms with E-state index in [1.807, 2.05) is 24.3 Å². The first-order chi connectivity index (χ1) is 12.4. The van der Waals surface area contributed by atoms with Crippen molar-refractivity contribution in [2.45, 2.75) is 32.7 Å². The lowest BCUT2D eigenvalue weighted by Gasteiger charge is -2.23. The summed E-state index contributed by atoms with van der Waals surface area (Å²) in [6, 6.07) is 9.57. The highest BCUT2D eigenvalue weighted by atomic mass is 79.9. The number of rotatable bonds is 6. The minimum atomic E-state index is -0.261. The standard InChI is InChI=1S/C19H20Br2N4O/c1-13(2)15-9-16(20)18(17(21)10-15)24-19(26)25(8-4-6-22)12-14-5-3-7-23-11-14/h3,5,7,9-11,13H,4,8,12H2,1-2H3,(H,24,26). The number of nitriles is 1. The number of carbonyl (C=O) groups is 1. The third-order valence-corrected chi connectivity index (χ3v) is 5.09.